The summed E-state index contributed by atoms with van der Waals surface area (Å²) in [7, 11) is 1.82. The number of aromatic nitrogens is 3. The van der Waals surface area contributed by atoms with Gasteiger partial charge in [0.05, 0.1) is 18.8 Å². The van der Waals surface area contributed by atoms with E-state index in [1.807, 2.05) is 41.9 Å². The normalized spacial score (nSPS) is 15.8. The molecule has 3 aromatic rings. The van der Waals surface area contributed by atoms with E-state index in [1.165, 1.54) is 0 Å². The summed E-state index contributed by atoms with van der Waals surface area (Å²) < 4.78 is 7.18. The summed E-state index contributed by atoms with van der Waals surface area (Å²) in [6, 6.07) is 11.7. The third-order valence-electron chi connectivity index (χ3n) is 4.54. The van der Waals surface area contributed by atoms with Crippen LogP contribution in [0.4, 0.5) is 0 Å². The summed E-state index contributed by atoms with van der Waals surface area (Å²) in [4.78, 5) is 23.3. The number of hydrogen-bond acceptors (Lipinski definition) is 4. The van der Waals surface area contributed by atoms with Gasteiger partial charge in [0.1, 0.15) is 11.8 Å². The second kappa shape index (κ2) is 5.97. The number of hydrogen-bond donors (Lipinski definition) is 0. The third-order valence-corrected chi connectivity index (χ3v) is 4.54. The van der Waals surface area contributed by atoms with Gasteiger partial charge in [-0.05, 0) is 18.2 Å². The predicted molar refractivity (Wildman–Crippen MR) is 94.8 cm³/mol. The molecule has 0 unspecified atom stereocenters. The Hall–Kier alpha value is -2.73. The van der Waals surface area contributed by atoms with Crippen LogP contribution in [-0.4, -0.2) is 52.1 Å². The van der Waals surface area contributed by atoms with Crippen LogP contribution in [-0.2, 0) is 4.74 Å². The smallest absolute Gasteiger partial charge is 0.255 e. The van der Waals surface area contributed by atoms with Crippen molar-refractivity contribution in [3.8, 4) is 5.69 Å². The van der Waals surface area contributed by atoms with Gasteiger partial charge in [-0.15, -0.1) is 0 Å². The number of ether oxygens (including phenoxy) is 1. The molecule has 1 amide bonds. The summed E-state index contributed by atoms with van der Waals surface area (Å²) in [5.74, 6) is -0.0446. The Morgan fingerprint density at radius 1 is 1.28 bits per heavy atom. The van der Waals surface area contributed by atoms with Gasteiger partial charge in [-0.2, -0.15) is 0 Å². The van der Waals surface area contributed by atoms with Crippen molar-refractivity contribution in [3.63, 3.8) is 0 Å². The minimum atomic E-state index is -0.0446. The molecule has 1 aliphatic heterocycles. The van der Waals surface area contributed by atoms with Crippen LogP contribution in [0.15, 0.2) is 48.9 Å². The van der Waals surface area contributed by atoms with E-state index in [0.717, 1.165) is 11.3 Å². The monoisotopic (exact) mass is 336 g/mol. The Morgan fingerprint density at radius 2 is 2.04 bits per heavy atom. The van der Waals surface area contributed by atoms with Crippen molar-refractivity contribution in [2.45, 2.75) is 6.92 Å². The van der Waals surface area contributed by atoms with Crippen LogP contribution in [0.1, 0.15) is 17.3 Å². The van der Waals surface area contributed by atoms with Crippen molar-refractivity contribution in [1.82, 2.24) is 19.4 Å². The molecule has 6 heteroatoms. The summed E-state index contributed by atoms with van der Waals surface area (Å²) in [6.07, 6.45) is 3.36. The molecule has 4 rings (SSSR count). The van der Waals surface area contributed by atoms with Crippen LogP contribution in [0.5, 0.6) is 0 Å². The quantitative estimate of drug-likeness (QED) is 0.734. The van der Waals surface area contributed by atoms with Crippen molar-refractivity contribution < 1.29 is 9.53 Å². The molecule has 1 fully saturated rings. The molecule has 2 aromatic heterocycles. The van der Waals surface area contributed by atoms with Gasteiger partial charge in [0.25, 0.3) is 5.91 Å². The molecule has 0 spiro atoms. The van der Waals surface area contributed by atoms with Crippen molar-refractivity contribution in [2.24, 2.45) is 5.41 Å². The molecule has 3 heterocycles. The molecular weight excluding hydrogens is 316 g/mol. The molecule has 0 aliphatic carbocycles. The Morgan fingerprint density at radius 3 is 2.72 bits per heavy atom. The lowest BCUT2D eigenvalue weighted by molar-refractivity contribution is -0.109. The number of nitrogens with zero attached hydrogens (tertiary/aromatic N) is 4. The van der Waals surface area contributed by atoms with Crippen LogP contribution in [0.2, 0.25) is 0 Å². The first kappa shape index (κ1) is 15.8. The molecule has 1 aromatic carbocycles. The van der Waals surface area contributed by atoms with E-state index in [-0.39, 0.29) is 11.3 Å². The Labute approximate surface area is 146 Å². The highest BCUT2D eigenvalue weighted by atomic mass is 16.5. The van der Waals surface area contributed by atoms with Crippen molar-refractivity contribution >= 4 is 17.1 Å². The maximum Gasteiger partial charge on any atom is 0.255 e. The Bertz CT molecular complexity index is 916. The molecule has 6 nitrogen and oxygen atoms in total. The van der Waals surface area contributed by atoms with E-state index < -0.39 is 0 Å². The number of rotatable bonds is 4. The maximum absolute atomic E-state index is 12.7. The average molecular weight is 336 g/mol. The van der Waals surface area contributed by atoms with E-state index in [4.69, 9.17) is 4.74 Å². The molecule has 1 aliphatic rings. The Kier molecular flexibility index (Phi) is 3.77. The van der Waals surface area contributed by atoms with E-state index >= 15 is 0 Å². The van der Waals surface area contributed by atoms with E-state index in [2.05, 4.69) is 16.9 Å². The first-order valence-electron chi connectivity index (χ1n) is 8.27. The molecule has 0 N–H and O–H groups in total. The van der Waals surface area contributed by atoms with E-state index in [9.17, 15) is 4.79 Å². The number of pyridine rings is 1. The number of imidazole rings is 1. The van der Waals surface area contributed by atoms with Gasteiger partial charge in [-0.25, -0.2) is 9.97 Å². The predicted octanol–water partition coefficient (Wildman–Crippen LogP) is 2.53. The lowest BCUT2D eigenvalue weighted by Crippen LogP contribution is -2.49. The number of amides is 1. The molecule has 128 valence electrons. The van der Waals surface area contributed by atoms with Gasteiger partial charge >= 0.3 is 0 Å². The molecule has 0 atom stereocenters. The standard InChI is InChI=1S/C19H20N4O2/c1-19(11-25-12-19)10-22(2)18(24)14-8-16-17(20-9-14)23(13-21-16)15-6-4-3-5-7-15/h3-9,13H,10-12H2,1-2H3. The molecule has 0 bridgehead atoms. The third kappa shape index (κ3) is 2.89. The number of para-hydroxylation sites is 1. The number of carbonyl (C=O) groups is 1. The van der Waals surface area contributed by atoms with Gasteiger partial charge in [-0.1, -0.05) is 25.1 Å². The molecule has 25 heavy (non-hydrogen) atoms. The van der Waals surface area contributed by atoms with Crippen LogP contribution in [0.3, 0.4) is 0 Å². The minimum Gasteiger partial charge on any atom is -0.380 e. The Balaban J connectivity index is 1.60. The number of carbonyl (C=O) groups excluding carboxylic acids is 1. The average Bonchev–Trinajstić information content (AvgIpc) is 3.03. The highest BCUT2D eigenvalue weighted by molar-refractivity contribution is 5.96. The van der Waals surface area contributed by atoms with E-state index in [1.54, 1.807) is 23.5 Å². The van der Waals surface area contributed by atoms with Crippen LogP contribution in [0, 0.1) is 5.41 Å². The first-order chi connectivity index (χ1) is 12.1. The fraction of sp³-hybridized carbons (Fsp3) is 0.316. The zero-order valence-corrected chi connectivity index (χ0v) is 14.3. The van der Waals surface area contributed by atoms with Gasteiger partial charge in [0.2, 0.25) is 0 Å². The van der Waals surface area contributed by atoms with Gasteiger partial charge in [-0.3, -0.25) is 9.36 Å². The van der Waals surface area contributed by atoms with Crippen LogP contribution < -0.4 is 0 Å². The summed E-state index contributed by atoms with van der Waals surface area (Å²) in [5, 5.41) is 0. The summed E-state index contributed by atoms with van der Waals surface area (Å²) in [5.41, 5.74) is 3.05. The zero-order valence-electron chi connectivity index (χ0n) is 14.3. The van der Waals surface area contributed by atoms with Gasteiger partial charge < -0.3 is 9.64 Å². The summed E-state index contributed by atoms with van der Waals surface area (Å²) in [6.45, 7) is 4.19. The van der Waals surface area contributed by atoms with Crippen molar-refractivity contribution in [2.75, 3.05) is 26.8 Å². The summed E-state index contributed by atoms with van der Waals surface area (Å²) >= 11 is 0. The lowest BCUT2D eigenvalue weighted by atomic mass is 9.88. The molecular formula is C19H20N4O2. The molecule has 1 saturated heterocycles. The second-order valence-corrected chi connectivity index (χ2v) is 6.98. The first-order valence-corrected chi connectivity index (χ1v) is 8.27. The largest absolute Gasteiger partial charge is 0.380 e. The highest BCUT2D eigenvalue weighted by Crippen LogP contribution is 2.27. The fourth-order valence-corrected chi connectivity index (χ4v) is 3.20. The maximum atomic E-state index is 12.7. The highest BCUT2D eigenvalue weighted by Gasteiger charge is 2.35. The molecule has 0 radical (unpaired) electrons. The van der Waals surface area contributed by atoms with Crippen LogP contribution in [0.25, 0.3) is 16.9 Å². The zero-order chi connectivity index (χ0) is 17.4. The van der Waals surface area contributed by atoms with Crippen molar-refractivity contribution in [1.29, 1.82) is 0 Å². The van der Waals surface area contributed by atoms with Gasteiger partial charge in [0, 0.05) is 30.9 Å². The number of benzene rings is 1. The van der Waals surface area contributed by atoms with Gasteiger partial charge in [0.15, 0.2) is 5.65 Å². The topological polar surface area (TPSA) is 60.2 Å². The minimum absolute atomic E-state index is 0.0446. The fourth-order valence-electron chi connectivity index (χ4n) is 3.20. The second-order valence-electron chi connectivity index (χ2n) is 6.98. The van der Waals surface area contributed by atoms with Crippen LogP contribution >= 0.6 is 0 Å². The lowest BCUT2D eigenvalue weighted by Gasteiger charge is -2.40. The van der Waals surface area contributed by atoms with E-state index in [0.29, 0.717) is 30.8 Å². The van der Waals surface area contributed by atoms with Crippen molar-refractivity contribution in [3.05, 3.63) is 54.5 Å². The molecule has 0 saturated carbocycles. The number of fused-ring (bicyclic) bond motifs is 1. The SMILES string of the molecule is CN(CC1(C)COC1)C(=O)c1cnc2c(c1)ncn2-c1ccccc1.